The van der Waals surface area contributed by atoms with Crippen molar-refractivity contribution in [1.29, 1.82) is 0 Å². The first-order valence-corrected chi connectivity index (χ1v) is 19.3. The van der Waals surface area contributed by atoms with Gasteiger partial charge in [0.25, 0.3) is 0 Å². The number of methoxy groups -OCH3 is 1. The second-order valence-corrected chi connectivity index (χ2v) is 16.6. The van der Waals surface area contributed by atoms with Crippen molar-refractivity contribution in [1.82, 2.24) is 39.0 Å². The number of nitrogens with zero attached hydrogens (tertiary/aromatic N) is 8. The number of imidazole rings is 2. The van der Waals surface area contributed by atoms with Crippen LogP contribution < -0.4 is 11.5 Å². The maximum absolute atomic E-state index is 13.7. The second kappa shape index (κ2) is 12.9. The summed E-state index contributed by atoms with van der Waals surface area (Å²) in [7, 11) is 1.55. The molecule has 2 aliphatic heterocycles. The summed E-state index contributed by atoms with van der Waals surface area (Å²) in [6, 6.07) is 0. The average Bonchev–Trinajstić information content (AvgIpc) is 3.76. The molecule has 0 saturated carbocycles. The third-order valence-corrected chi connectivity index (χ3v) is 10.1. The quantitative estimate of drug-likeness (QED) is 0.104. The predicted molar refractivity (Wildman–Crippen MR) is 169 cm³/mol. The van der Waals surface area contributed by atoms with Crippen LogP contribution >= 0.6 is 38.1 Å². The predicted octanol–water partition coefficient (Wildman–Crippen LogP) is 2.69. The first-order chi connectivity index (χ1) is 21.8. The van der Waals surface area contributed by atoms with Crippen LogP contribution in [0.4, 0.5) is 11.6 Å². The fraction of sp³-hybridized carbons (Fsp3) is 0.565. The third-order valence-electron chi connectivity index (χ3n) is 7.63. The largest absolute Gasteiger partial charge is 0.386 e. The van der Waals surface area contributed by atoms with Crippen molar-refractivity contribution >= 4 is 72.1 Å². The molecular weight excluding hydrogens is 686 g/mol. The number of hydrogen-bond donors (Lipinski definition) is 5. The van der Waals surface area contributed by atoms with E-state index in [0.717, 1.165) is 0 Å². The van der Waals surface area contributed by atoms with Gasteiger partial charge in [0.2, 0.25) is 0 Å². The lowest BCUT2D eigenvalue weighted by molar-refractivity contribution is -0.0999. The fourth-order valence-electron chi connectivity index (χ4n) is 5.55. The van der Waals surface area contributed by atoms with Crippen molar-refractivity contribution in [3.63, 3.8) is 0 Å². The molecule has 2 unspecified atom stereocenters. The minimum atomic E-state index is -4.06. The zero-order chi connectivity index (χ0) is 32.9. The highest BCUT2D eigenvalue weighted by Gasteiger charge is 2.48. The standard InChI is InChI=1S/C23H32N10O9P2S2/c1-23(6-14(37-2)22(41-23)33-11-31-16-18(25)27-9-29-20(16)33)7-39-44(36,46)42-13-5-12(3-4-38-43(34,35)45)40-21(13)32-10-30-15-17(24)26-8-28-19(15)32/h8-14,21-22H,3-7H2,1-2H3,(H,36,46)(H2,24,26,28)(H2,25,27,29)(H2,34,35,45)/t12-,13-,14-,21-,22-,23+,44?/m1/s1. The molecule has 0 aliphatic carbocycles. The topological polar surface area (TPSA) is 249 Å². The summed E-state index contributed by atoms with van der Waals surface area (Å²) in [5.41, 5.74) is 12.5. The summed E-state index contributed by atoms with van der Waals surface area (Å²) < 4.78 is 63.4. The Kier molecular flexibility index (Phi) is 9.38. The Morgan fingerprint density at radius 2 is 1.59 bits per heavy atom. The molecule has 8 atom stereocenters. The number of aromatic nitrogens is 8. The van der Waals surface area contributed by atoms with Crippen molar-refractivity contribution in [3.8, 4) is 0 Å². The van der Waals surface area contributed by atoms with Gasteiger partial charge in [0.1, 0.15) is 35.9 Å². The summed E-state index contributed by atoms with van der Waals surface area (Å²) in [5.74, 6) is 0.394. The molecule has 0 spiro atoms. The van der Waals surface area contributed by atoms with Gasteiger partial charge in [-0.05, 0) is 13.3 Å². The van der Waals surface area contributed by atoms with Gasteiger partial charge in [-0.3, -0.25) is 18.2 Å². The summed E-state index contributed by atoms with van der Waals surface area (Å²) in [6.45, 7) is -6.56. The summed E-state index contributed by atoms with van der Waals surface area (Å²) in [6.07, 6.45) is 2.98. The highest BCUT2D eigenvalue weighted by molar-refractivity contribution is 8.44. The van der Waals surface area contributed by atoms with Crippen LogP contribution in [0.25, 0.3) is 22.3 Å². The van der Waals surface area contributed by atoms with E-state index < -0.39 is 50.0 Å². The molecule has 5 N–H and O–H groups in total. The molecule has 4 aromatic heterocycles. The zero-order valence-corrected chi connectivity index (χ0v) is 28.0. The van der Waals surface area contributed by atoms with E-state index in [1.165, 1.54) is 19.0 Å². The zero-order valence-electron chi connectivity index (χ0n) is 24.5. The molecule has 4 aromatic rings. The van der Waals surface area contributed by atoms with Gasteiger partial charge in [0.15, 0.2) is 35.4 Å². The Morgan fingerprint density at radius 3 is 2.17 bits per heavy atom. The van der Waals surface area contributed by atoms with Crippen molar-refractivity contribution in [3.05, 3.63) is 25.3 Å². The Bertz CT molecular complexity index is 1830. The van der Waals surface area contributed by atoms with Gasteiger partial charge < -0.3 is 35.1 Å². The second-order valence-electron chi connectivity index (χ2n) is 11.0. The Labute approximate surface area is 272 Å². The van der Waals surface area contributed by atoms with Crippen molar-refractivity contribution in [2.75, 3.05) is 31.8 Å². The number of ether oxygens (including phenoxy) is 3. The number of fused-ring (bicyclic) bond motifs is 2. The highest BCUT2D eigenvalue weighted by Crippen LogP contribution is 2.58. The molecule has 0 bridgehead atoms. The molecule has 250 valence electrons. The van der Waals surface area contributed by atoms with Gasteiger partial charge in [-0.1, -0.05) is 24.5 Å². The smallest absolute Gasteiger partial charge is 0.382 e. The summed E-state index contributed by atoms with van der Waals surface area (Å²) in [5, 5.41) is 0. The number of rotatable bonds is 12. The third kappa shape index (κ3) is 7.05. The highest BCUT2D eigenvalue weighted by atomic mass is 32.7. The van der Waals surface area contributed by atoms with Crippen LogP contribution in [0.3, 0.4) is 0 Å². The fourth-order valence-corrected chi connectivity index (χ4v) is 7.70. The van der Waals surface area contributed by atoms with E-state index in [0.29, 0.717) is 28.7 Å². The van der Waals surface area contributed by atoms with E-state index in [-0.39, 0.29) is 37.7 Å². The maximum atomic E-state index is 13.7. The molecular formula is C23H32N10O9P2S2. The molecule has 6 heterocycles. The Morgan fingerprint density at radius 1 is 0.978 bits per heavy atom. The molecule has 0 aromatic carbocycles. The van der Waals surface area contributed by atoms with Crippen LogP contribution in [0.5, 0.6) is 0 Å². The van der Waals surface area contributed by atoms with Gasteiger partial charge in [-0.25, -0.2) is 39.0 Å². The van der Waals surface area contributed by atoms with E-state index in [1.54, 1.807) is 29.5 Å². The number of anilines is 2. The number of hydrogen-bond acceptors (Lipinski definition) is 16. The molecule has 2 saturated heterocycles. The van der Waals surface area contributed by atoms with E-state index in [1.807, 2.05) is 0 Å². The first-order valence-electron chi connectivity index (χ1n) is 13.8. The van der Waals surface area contributed by atoms with Gasteiger partial charge >= 0.3 is 13.6 Å². The molecule has 0 amide bonds. The lowest BCUT2D eigenvalue weighted by atomic mass is 10.0. The Balaban J connectivity index is 1.17. The number of nitrogens with two attached hydrogens (primary N) is 2. The van der Waals surface area contributed by atoms with E-state index >= 15 is 0 Å². The van der Waals surface area contributed by atoms with Crippen molar-refractivity contribution in [2.24, 2.45) is 0 Å². The maximum Gasteiger partial charge on any atom is 0.386 e. The van der Waals surface area contributed by atoms with Crippen LogP contribution in [-0.4, -0.2) is 88.2 Å². The lowest BCUT2D eigenvalue weighted by Gasteiger charge is -2.27. The normalized spacial score (nSPS) is 29.4. The molecule has 19 nitrogen and oxygen atoms in total. The SMILES string of the molecule is CO[C@@H]1C[C@@](C)(COP(=O)(S)O[C@@H]2C[C@@H](CCOP(=O)(O)S)O[C@H]2n2cnc3c(N)ncnc32)O[C@H]1n1cnc2c(N)ncnc21. The van der Waals surface area contributed by atoms with E-state index in [4.69, 9.17) is 39.2 Å². The van der Waals surface area contributed by atoms with Crippen LogP contribution in [0.1, 0.15) is 38.6 Å². The van der Waals surface area contributed by atoms with Gasteiger partial charge in [-0.2, -0.15) is 0 Å². The molecule has 2 aliphatic rings. The van der Waals surface area contributed by atoms with Crippen molar-refractivity contribution in [2.45, 2.75) is 62.6 Å². The van der Waals surface area contributed by atoms with E-state index in [2.05, 4.69) is 54.4 Å². The molecule has 6 rings (SSSR count). The van der Waals surface area contributed by atoms with Crippen LogP contribution in [0.2, 0.25) is 0 Å². The van der Waals surface area contributed by atoms with Gasteiger partial charge in [0.05, 0.1) is 37.6 Å². The van der Waals surface area contributed by atoms with Crippen molar-refractivity contribution < 1.29 is 41.8 Å². The van der Waals surface area contributed by atoms with Gasteiger partial charge in [0, 0.05) is 20.0 Å². The molecule has 46 heavy (non-hydrogen) atoms. The van der Waals surface area contributed by atoms with Crippen LogP contribution in [-0.2, 0) is 36.9 Å². The monoisotopic (exact) mass is 718 g/mol. The molecule has 2 fully saturated rings. The van der Waals surface area contributed by atoms with Crippen LogP contribution in [0.15, 0.2) is 25.3 Å². The first kappa shape index (κ1) is 33.5. The lowest BCUT2D eigenvalue weighted by Crippen LogP contribution is -2.30. The number of nitrogen functional groups attached to an aromatic ring is 2. The molecule has 23 heteroatoms. The minimum Gasteiger partial charge on any atom is -0.382 e. The Hall–Kier alpha value is -2.42. The van der Waals surface area contributed by atoms with Crippen LogP contribution in [0, 0.1) is 0 Å². The summed E-state index contributed by atoms with van der Waals surface area (Å²) >= 11 is 7.80. The average molecular weight is 719 g/mol. The molecule has 0 radical (unpaired) electrons. The van der Waals surface area contributed by atoms with E-state index in [9.17, 15) is 14.0 Å². The van der Waals surface area contributed by atoms with Gasteiger partial charge in [-0.15, -0.1) is 0 Å². The summed E-state index contributed by atoms with van der Waals surface area (Å²) in [4.78, 5) is 34.4. The minimum absolute atomic E-state index is 0.126. The number of thiol groups is 2.